The highest BCUT2D eigenvalue weighted by atomic mass is 35.5. The third-order valence-electron chi connectivity index (χ3n) is 3.99. The first kappa shape index (κ1) is 20.6. The van der Waals surface area contributed by atoms with Gasteiger partial charge in [0.1, 0.15) is 5.75 Å². The van der Waals surface area contributed by atoms with Gasteiger partial charge in [0.25, 0.3) is 10.0 Å². The second kappa shape index (κ2) is 8.93. The number of phenols is 1. The van der Waals surface area contributed by atoms with Crippen molar-refractivity contribution in [2.75, 3.05) is 10.0 Å². The largest absolute Gasteiger partial charge is 0.506 e. The molecule has 0 bridgehead atoms. The molecule has 3 rings (SSSR count). The number of phenolic OH excluding ortho intramolecular Hbond substituents is 1. The van der Waals surface area contributed by atoms with E-state index in [-0.39, 0.29) is 28.7 Å². The molecule has 0 unspecified atom stereocenters. The van der Waals surface area contributed by atoms with Gasteiger partial charge in [-0.3, -0.25) is 14.5 Å². The molecular weight excluding hydrogens is 414 g/mol. The summed E-state index contributed by atoms with van der Waals surface area (Å²) < 4.78 is 27.6. The maximum absolute atomic E-state index is 12.6. The molecule has 0 saturated carbocycles. The van der Waals surface area contributed by atoms with E-state index in [1.165, 1.54) is 24.3 Å². The second-order valence-electron chi connectivity index (χ2n) is 6.20. The SMILES string of the molecule is O=C(CCc1cccnc1)Nc1cc(S(=O)(=O)Nc2cccc(Cl)c2)ccc1O. The minimum Gasteiger partial charge on any atom is -0.506 e. The molecule has 0 fully saturated rings. The summed E-state index contributed by atoms with van der Waals surface area (Å²) in [6.45, 7) is 0. The van der Waals surface area contributed by atoms with Crippen LogP contribution >= 0.6 is 11.6 Å². The number of pyridine rings is 1. The summed E-state index contributed by atoms with van der Waals surface area (Å²) in [4.78, 5) is 16.1. The van der Waals surface area contributed by atoms with Gasteiger partial charge in [-0.25, -0.2) is 8.42 Å². The number of benzene rings is 2. The smallest absolute Gasteiger partial charge is 0.261 e. The Morgan fingerprint density at radius 3 is 2.66 bits per heavy atom. The Kier molecular flexibility index (Phi) is 6.36. The molecule has 0 aliphatic carbocycles. The van der Waals surface area contributed by atoms with Crippen molar-refractivity contribution in [1.82, 2.24) is 4.98 Å². The van der Waals surface area contributed by atoms with E-state index in [9.17, 15) is 18.3 Å². The van der Waals surface area contributed by atoms with E-state index in [4.69, 9.17) is 11.6 Å². The Morgan fingerprint density at radius 2 is 1.93 bits per heavy atom. The van der Waals surface area contributed by atoms with Crippen LogP contribution in [0.4, 0.5) is 11.4 Å². The maximum Gasteiger partial charge on any atom is 0.261 e. The lowest BCUT2D eigenvalue weighted by atomic mass is 10.1. The number of aryl methyl sites for hydroxylation is 1. The molecule has 2 aromatic carbocycles. The molecule has 1 heterocycles. The average molecular weight is 432 g/mol. The standard InChI is InChI=1S/C20H18ClN3O4S/c21-15-4-1-5-16(11-15)24-29(27,28)17-7-8-19(25)18(12-17)23-20(26)9-6-14-3-2-10-22-13-14/h1-5,7-8,10-13,24-25H,6,9H2,(H,23,26). The van der Waals surface area contributed by atoms with Gasteiger partial charge in [0, 0.05) is 23.8 Å². The van der Waals surface area contributed by atoms with Crippen LogP contribution in [-0.4, -0.2) is 24.4 Å². The predicted octanol–water partition coefficient (Wildman–Crippen LogP) is 3.81. The second-order valence-corrected chi connectivity index (χ2v) is 8.32. The van der Waals surface area contributed by atoms with Crippen molar-refractivity contribution in [2.24, 2.45) is 0 Å². The van der Waals surface area contributed by atoms with E-state index >= 15 is 0 Å². The average Bonchev–Trinajstić information content (AvgIpc) is 2.68. The van der Waals surface area contributed by atoms with E-state index in [1.54, 1.807) is 36.7 Å². The highest BCUT2D eigenvalue weighted by Crippen LogP contribution is 2.28. The highest BCUT2D eigenvalue weighted by Gasteiger charge is 2.17. The fourth-order valence-corrected chi connectivity index (χ4v) is 3.83. The number of sulfonamides is 1. The van der Waals surface area contributed by atoms with Crippen molar-refractivity contribution in [3.8, 4) is 5.75 Å². The minimum absolute atomic E-state index is 0.00940. The highest BCUT2D eigenvalue weighted by molar-refractivity contribution is 7.92. The summed E-state index contributed by atoms with van der Waals surface area (Å²) >= 11 is 5.88. The van der Waals surface area contributed by atoms with Gasteiger partial charge in [-0.2, -0.15) is 0 Å². The van der Waals surface area contributed by atoms with Crippen LogP contribution in [0.2, 0.25) is 5.02 Å². The van der Waals surface area contributed by atoms with Crippen LogP contribution < -0.4 is 10.0 Å². The van der Waals surface area contributed by atoms with Crippen molar-refractivity contribution in [2.45, 2.75) is 17.7 Å². The van der Waals surface area contributed by atoms with Gasteiger partial charge < -0.3 is 10.4 Å². The minimum atomic E-state index is -3.94. The molecule has 0 spiro atoms. The molecule has 1 amide bonds. The van der Waals surface area contributed by atoms with E-state index in [1.807, 2.05) is 6.07 Å². The molecule has 1 aromatic heterocycles. The first-order valence-corrected chi connectivity index (χ1v) is 10.5. The number of carbonyl (C=O) groups excluding carboxylic acids is 1. The lowest BCUT2D eigenvalue weighted by Gasteiger charge is -2.12. The first-order valence-electron chi connectivity index (χ1n) is 8.64. The van der Waals surface area contributed by atoms with Gasteiger partial charge in [-0.15, -0.1) is 0 Å². The Morgan fingerprint density at radius 1 is 1.10 bits per heavy atom. The van der Waals surface area contributed by atoms with Gasteiger partial charge in [0.15, 0.2) is 0 Å². The fourth-order valence-electron chi connectivity index (χ4n) is 2.57. The Hall–Kier alpha value is -3.10. The summed E-state index contributed by atoms with van der Waals surface area (Å²) in [5, 5.41) is 12.9. The summed E-state index contributed by atoms with van der Waals surface area (Å²) in [6.07, 6.45) is 3.93. The lowest BCUT2D eigenvalue weighted by molar-refractivity contribution is -0.116. The Balaban J connectivity index is 1.72. The normalized spacial score (nSPS) is 11.1. The third kappa shape index (κ3) is 5.69. The molecule has 29 heavy (non-hydrogen) atoms. The fraction of sp³-hybridized carbons (Fsp3) is 0.100. The van der Waals surface area contributed by atoms with Crippen LogP contribution in [0.3, 0.4) is 0 Å². The van der Waals surface area contributed by atoms with Crippen molar-refractivity contribution < 1.29 is 18.3 Å². The summed E-state index contributed by atoms with van der Waals surface area (Å²) in [5.41, 5.74) is 1.21. The van der Waals surface area contributed by atoms with Crippen LogP contribution in [0.1, 0.15) is 12.0 Å². The van der Waals surface area contributed by atoms with E-state index in [2.05, 4.69) is 15.0 Å². The molecule has 3 N–H and O–H groups in total. The Labute approximate surface area is 173 Å². The quantitative estimate of drug-likeness (QED) is 0.493. The summed E-state index contributed by atoms with van der Waals surface area (Å²) in [6, 6.07) is 13.6. The lowest BCUT2D eigenvalue weighted by Crippen LogP contribution is -2.15. The molecule has 0 aliphatic rings. The van der Waals surface area contributed by atoms with E-state index in [0.29, 0.717) is 17.1 Å². The summed E-state index contributed by atoms with van der Waals surface area (Å²) in [5.74, 6) is -0.595. The molecule has 0 aliphatic heterocycles. The molecule has 9 heteroatoms. The predicted molar refractivity (Wildman–Crippen MR) is 112 cm³/mol. The topological polar surface area (TPSA) is 108 Å². The zero-order chi connectivity index (χ0) is 20.9. The van der Waals surface area contributed by atoms with Crippen LogP contribution in [0.15, 0.2) is 71.9 Å². The van der Waals surface area contributed by atoms with Gasteiger partial charge in [0.2, 0.25) is 5.91 Å². The van der Waals surface area contributed by atoms with Gasteiger partial charge >= 0.3 is 0 Å². The van der Waals surface area contributed by atoms with E-state index < -0.39 is 10.0 Å². The van der Waals surface area contributed by atoms with Gasteiger partial charge in [0.05, 0.1) is 16.3 Å². The number of nitrogens with zero attached hydrogens (tertiary/aromatic N) is 1. The number of carbonyl (C=O) groups is 1. The van der Waals surface area contributed by atoms with E-state index in [0.717, 1.165) is 5.56 Å². The number of rotatable bonds is 7. The summed E-state index contributed by atoms with van der Waals surface area (Å²) in [7, 11) is -3.94. The van der Waals surface area contributed by atoms with Crippen LogP contribution in [0, 0.1) is 0 Å². The monoisotopic (exact) mass is 431 g/mol. The van der Waals surface area contributed by atoms with Crippen LogP contribution in [-0.2, 0) is 21.2 Å². The number of aromatic hydroxyl groups is 1. The molecule has 0 atom stereocenters. The van der Waals surface area contributed by atoms with Crippen molar-refractivity contribution in [1.29, 1.82) is 0 Å². The third-order valence-corrected chi connectivity index (χ3v) is 5.61. The molecule has 3 aromatic rings. The van der Waals surface area contributed by atoms with Gasteiger partial charge in [-0.05, 0) is 54.4 Å². The molecular formula is C20H18ClN3O4S. The van der Waals surface area contributed by atoms with Crippen molar-refractivity contribution in [3.05, 3.63) is 77.6 Å². The molecule has 0 saturated heterocycles. The molecule has 150 valence electrons. The zero-order valence-corrected chi connectivity index (χ0v) is 16.7. The van der Waals surface area contributed by atoms with Gasteiger partial charge in [-0.1, -0.05) is 23.7 Å². The Bertz CT molecular complexity index is 1120. The maximum atomic E-state index is 12.6. The van der Waals surface area contributed by atoms with Crippen molar-refractivity contribution >= 4 is 38.9 Å². The number of nitrogens with one attached hydrogen (secondary N) is 2. The zero-order valence-electron chi connectivity index (χ0n) is 15.2. The number of amides is 1. The molecule has 0 radical (unpaired) electrons. The number of anilines is 2. The number of aromatic nitrogens is 1. The molecule has 7 nitrogen and oxygen atoms in total. The first-order chi connectivity index (χ1) is 13.8. The number of hydrogen-bond acceptors (Lipinski definition) is 5. The number of hydrogen-bond donors (Lipinski definition) is 3. The van der Waals surface area contributed by atoms with Crippen LogP contribution in [0.5, 0.6) is 5.75 Å². The van der Waals surface area contributed by atoms with Crippen molar-refractivity contribution in [3.63, 3.8) is 0 Å². The van der Waals surface area contributed by atoms with Crippen LogP contribution in [0.25, 0.3) is 0 Å². The number of halogens is 1.